The number of hydrogen-bond acceptors (Lipinski definition) is 4. The predicted molar refractivity (Wildman–Crippen MR) is 64.1 cm³/mol. The summed E-state index contributed by atoms with van der Waals surface area (Å²) < 4.78 is 5.35. The Balaban J connectivity index is 2.23. The second kappa shape index (κ2) is 6.85. The molecule has 92 valence electrons. The first-order valence-electron chi connectivity index (χ1n) is 6.07. The molecule has 0 aromatic carbocycles. The zero-order chi connectivity index (χ0) is 12.0. The molecule has 1 N–H and O–H groups in total. The maximum Gasteiger partial charge on any atom is 0.0967 e. The Bertz CT molecular complexity index is 231. The van der Waals surface area contributed by atoms with Crippen LogP contribution >= 0.6 is 0 Å². The van der Waals surface area contributed by atoms with Crippen molar-refractivity contribution in [3.8, 4) is 6.07 Å². The zero-order valence-corrected chi connectivity index (χ0v) is 10.6. The van der Waals surface area contributed by atoms with Crippen LogP contribution in [-0.2, 0) is 4.74 Å². The van der Waals surface area contributed by atoms with Crippen LogP contribution in [0.3, 0.4) is 0 Å². The highest BCUT2D eigenvalue weighted by Crippen LogP contribution is 2.11. The van der Waals surface area contributed by atoms with Gasteiger partial charge in [-0.05, 0) is 33.7 Å². The van der Waals surface area contributed by atoms with E-state index in [4.69, 9.17) is 10.00 Å². The highest BCUT2D eigenvalue weighted by atomic mass is 16.5. The molecule has 0 aliphatic carbocycles. The lowest BCUT2D eigenvalue weighted by atomic mass is 10.1. The van der Waals surface area contributed by atoms with Crippen LogP contribution in [0.5, 0.6) is 0 Å². The van der Waals surface area contributed by atoms with Crippen molar-refractivity contribution in [2.45, 2.75) is 44.8 Å². The third kappa shape index (κ3) is 4.48. The number of likely N-dealkylation sites (N-methyl/N-ethyl adjacent to an activating group) is 1. The van der Waals surface area contributed by atoms with Crippen molar-refractivity contribution in [2.75, 3.05) is 26.8 Å². The Kier molecular flexibility index (Phi) is 5.75. The Morgan fingerprint density at radius 3 is 2.81 bits per heavy atom. The van der Waals surface area contributed by atoms with Crippen LogP contribution in [0, 0.1) is 11.3 Å². The molecular formula is C12H23N3O. The molecule has 0 spiro atoms. The van der Waals surface area contributed by atoms with Gasteiger partial charge in [0.2, 0.25) is 0 Å². The minimum atomic E-state index is -0.0372. The van der Waals surface area contributed by atoms with E-state index >= 15 is 0 Å². The molecule has 0 saturated carbocycles. The molecule has 2 unspecified atom stereocenters. The first-order chi connectivity index (χ1) is 7.63. The van der Waals surface area contributed by atoms with Gasteiger partial charge in [-0.2, -0.15) is 5.26 Å². The van der Waals surface area contributed by atoms with Crippen molar-refractivity contribution in [3.63, 3.8) is 0 Å². The van der Waals surface area contributed by atoms with Crippen molar-refractivity contribution in [3.05, 3.63) is 0 Å². The Hall–Kier alpha value is -0.630. The molecule has 4 nitrogen and oxygen atoms in total. The maximum absolute atomic E-state index is 9.00. The molecule has 1 fully saturated rings. The van der Waals surface area contributed by atoms with Crippen molar-refractivity contribution >= 4 is 0 Å². The molecule has 1 aliphatic heterocycles. The molecule has 1 rings (SSSR count). The fourth-order valence-electron chi connectivity index (χ4n) is 1.97. The Labute approximate surface area is 98.6 Å². The average molecular weight is 225 g/mol. The number of rotatable bonds is 6. The molecule has 0 aromatic heterocycles. The first-order valence-corrected chi connectivity index (χ1v) is 6.07. The van der Waals surface area contributed by atoms with E-state index in [1.807, 2.05) is 0 Å². The fraction of sp³-hybridized carbons (Fsp3) is 0.917. The topological polar surface area (TPSA) is 48.3 Å². The van der Waals surface area contributed by atoms with Crippen LogP contribution in [0.25, 0.3) is 0 Å². The van der Waals surface area contributed by atoms with Crippen LogP contribution in [-0.4, -0.2) is 49.8 Å². The maximum atomic E-state index is 9.00. The van der Waals surface area contributed by atoms with Gasteiger partial charge in [-0.25, -0.2) is 0 Å². The number of nitrogens with zero attached hydrogens (tertiary/aromatic N) is 2. The van der Waals surface area contributed by atoms with Gasteiger partial charge in [-0.3, -0.25) is 5.32 Å². The summed E-state index contributed by atoms with van der Waals surface area (Å²) in [6.45, 7) is 6.80. The van der Waals surface area contributed by atoms with Gasteiger partial charge in [-0.1, -0.05) is 0 Å². The smallest absolute Gasteiger partial charge is 0.0967 e. The van der Waals surface area contributed by atoms with E-state index in [0.717, 1.165) is 32.6 Å². The van der Waals surface area contributed by atoms with Crippen LogP contribution in [0.4, 0.5) is 0 Å². The van der Waals surface area contributed by atoms with Gasteiger partial charge in [0, 0.05) is 25.2 Å². The van der Waals surface area contributed by atoms with Gasteiger partial charge >= 0.3 is 0 Å². The molecule has 1 heterocycles. The lowest BCUT2D eigenvalue weighted by Crippen LogP contribution is -2.39. The Morgan fingerprint density at radius 1 is 1.56 bits per heavy atom. The van der Waals surface area contributed by atoms with Crippen LogP contribution in [0.2, 0.25) is 0 Å². The SMILES string of the molecule is CC(C)NC(C#N)CCN(C)C1CCOC1. The standard InChI is InChI=1S/C12H23N3O/c1-10(2)14-11(8-13)4-6-15(3)12-5-7-16-9-12/h10-12,14H,4-7,9H2,1-3H3. The number of hydrogen-bond donors (Lipinski definition) is 1. The highest BCUT2D eigenvalue weighted by Gasteiger charge is 2.20. The van der Waals surface area contributed by atoms with E-state index in [2.05, 4.69) is 37.2 Å². The number of ether oxygens (including phenoxy) is 1. The summed E-state index contributed by atoms with van der Waals surface area (Å²) >= 11 is 0. The average Bonchev–Trinajstić information content (AvgIpc) is 2.76. The summed E-state index contributed by atoms with van der Waals surface area (Å²) in [6.07, 6.45) is 1.99. The lowest BCUT2D eigenvalue weighted by Gasteiger charge is -2.24. The van der Waals surface area contributed by atoms with Gasteiger partial charge in [-0.15, -0.1) is 0 Å². The number of nitriles is 1. The van der Waals surface area contributed by atoms with Crippen LogP contribution in [0.1, 0.15) is 26.7 Å². The van der Waals surface area contributed by atoms with Gasteiger partial charge in [0.15, 0.2) is 0 Å². The molecule has 1 saturated heterocycles. The second-order valence-corrected chi connectivity index (χ2v) is 4.79. The van der Waals surface area contributed by atoms with Crippen molar-refractivity contribution in [1.82, 2.24) is 10.2 Å². The summed E-state index contributed by atoms with van der Waals surface area (Å²) in [7, 11) is 2.11. The van der Waals surface area contributed by atoms with E-state index in [0.29, 0.717) is 12.1 Å². The van der Waals surface area contributed by atoms with Crippen LogP contribution in [0.15, 0.2) is 0 Å². The molecule has 2 atom stereocenters. The van der Waals surface area contributed by atoms with Crippen molar-refractivity contribution in [1.29, 1.82) is 5.26 Å². The molecule has 16 heavy (non-hydrogen) atoms. The van der Waals surface area contributed by atoms with Gasteiger partial charge < -0.3 is 9.64 Å². The first kappa shape index (κ1) is 13.4. The van der Waals surface area contributed by atoms with Crippen molar-refractivity contribution in [2.24, 2.45) is 0 Å². The monoisotopic (exact) mass is 225 g/mol. The third-order valence-corrected chi connectivity index (χ3v) is 2.99. The predicted octanol–water partition coefficient (Wildman–Crippen LogP) is 0.987. The fourth-order valence-corrected chi connectivity index (χ4v) is 1.97. The number of nitrogens with one attached hydrogen (secondary N) is 1. The molecule has 0 radical (unpaired) electrons. The summed E-state index contributed by atoms with van der Waals surface area (Å²) in [5, 5.41) is 12.3. The molecular weight excluding hydrogens is 202 g/mol. The summed E-state index contributed by atoms with van der Waals surface area (Å²) in [5.74, 6) is 0. The van der Waals surface area contributed by atoms with Crippen molar-refractivity contribution < 1.29 is 4.74 Å². The summed E-state index contributed by atoms with van der Waals surface area (Å²) in [6, 6.07) is 3.18. The van der Waals surface area contributed by atoms with E-state index in [9.17, 15) is 0 Å². The van der Waals surface area contributed by atoms with Gasteiger partial charge in [0.1, 0.15) is 0 Å². The van der Waals surface area contributed by atoms with E-state index < -0.39 is 0 Å². The zero-order valence-electron chi connectivity index (χ0n) is 10.6. The van der Waals surface area contributed by atoms with E-state index in [-0.39, 0.29) is 6.04 Å². The summed E-state index contributed by atoms with van der Waals surface area (Å²) in [5.41, 5.74) is 0. The van der Waals surface area contributed by atoms with Gasteiger partial charge in [0.25, 0.3) is 0 Å². The Morgan fingerprint density at radius 2 is 2.31 bits per heavy atom. The minimum Gasteiger partial charge on any atom is -0.380 e. The van der Waals surface area contributed by atoms with Gasteiger partial charge in [0.05, 0.1) is 18.7 Å². The largest absolute Gasteiger partial charge is 0.380 e. The molecule has 0 aromatic rings. The third-order valence-electron chi connectivity index (χ3n) is 2.99. The molecule has 4 heteroatoms. The highest BCUT2D eigenvalue weighted by molar-refractivity contribution is 4.91. The molecule has 0 amide bonds. The second-order valence-electron chi connectivity index (χ2n) is 4.79. The summed E-state index contributed by atoms with van der Waals surface area (Å²) in [4.78, 5) is 2.30. The lowest BCUT2D eigenvalue weighted by molar-refractivity contribution is 0.157. The molecule has 1 aliphatic rings. The van der Waals surface area contributed by atoms with Crippen LogP contribution < -0.4 is 5.32 Å². The van der Waals surface area contributed by atoms with E-state index in [1.54, 1.807) is 0 Å². The normalized spacial score (nSPS) is 22.6. The molecule has 0 bridgehead atoms. The van der Waals surface area contributed by atoms with E-state index in [1.165, 1.54) is 0 Å². The quantitative estimate of drug-likeness (QED) is 0.732. The minimum absolute atomic E-state index is 0.0372.